The molecule has 0 fully saturated rings. The van der Waals surface area contributed by atoms with Crippen LogP contribution in [0.5, 0.6) is 5.75 Å². The standard InChI is InChI=1S/C22H26ClFN2O3S/c1-4-25-22(28)15(2)26(12-16-8-10-17(29-3)11-9-16)21(27)14-30-13-18-19(23)6-5-7-20(18)24/h5-11,15H,4,12-14H2,1-3H3,(H,25,28)/t15-/m1/s1. The van der Waals surface area contributed by atoms with Crippen LogP contribution < -0.4 is 10.1 Å². The highest BCUT2D eigenvalue weighted by atomic mass is 35.5. The predicted octanol–water partition coefficient (Wildman–Crippen LogP) is 4.27. The topological polar surface area (TPSA) is 58.6 Å². The van der Waals surface area contributed by atoms with Crippen LogP contribution in [0.25, 0.3) is 0 Å². The molecule has 0 aromatic heterocycles. The largest absolute Gasteiger partial charge is 0.497 e. The van der Waals surface area contributed by atoms with Crippen molar-refractivity contribution in [2.75, 3.05) is 19.4 Å². The van der Waals surface area contributed by atoms with Crippen LogP contribution in [0.4, 0.5) is 4.39 Å². The van der Waals surface area contributed by atoms with E-state index in [4.69, 9.17) is 16.3 Å². The summed E-state index contributed by atoms with van der Waals surface area (Å²) in [7, 11) is 1.58. The Labute approximate surface area is 185 Å². The molecule has 8 heteroatoms. The lowest BCUT2D eigenvalue weighted by atomic mass is 10.1. The van der Waals surface area contributed by atoms with E-state index in [2.05, 4.69) is 5.32 Å². The lowest BCUT2D eigenvalue weighted by Gasteiger charge is -2.28. The molecule has 2 aromatic carbocycles. The van der Waals surface area contributed by atoms with Gasteiger partial charge in [-0.25, -0.2) is 4.39 Å². The third-order valence-electron chi connectivity index (χ3n) is 4.56. The van der Waals surface area contributed by atoms with Crippen molar-refractivity contribution >= 4 is 35.2 Å². The first-order valence-electron chi connectivity index (χ1n) is 9.58. The average molecular weight is 453 g/mol. The second kappa shape index (κ2) is 11.8. The van der Waals surface area contributed by atoms with Gasteiger partial charge in [0.05, 0.1) is 12.9 Å². The lowest BCUT2D eigenvalue weighted by Crippen LogP contribution is -2.48. The molecule has 162 valence electrons. The minimum Gasteiger partial charge on any atom is -0.497 e. The maximum Gasteiger partial charge on any atom is 0.242 e. The van der Waals surface area contributed by atoms with E-state index in [1.165, 1.54) is 22.7 Å². The van der Waals surface area contributed by atoms with Crippen molar-refractivity contribution in [3.63, 3.8) is 0 Å². The molecule has 0 bridgehead atoms. The summed E-state index contributed by atoms with van der Waals surface area (Å²) in [6, 6.07) is 11.2. The second-order valence-corrected chi connectivity index (χ2v) is 8.03. The molecule has 30 heavy (non-hydrogen) atoms. The van der Waals surface area contributed by atoms with Crippen LogP contribution in [0.1, 0.15) is 25.0 Å². The molecule has 2 amide bonds. The Morgan fingerprint density at radius 3 is 2.53 bits per heavy atom. The minimum absolute atomic E-state index is 0.102. The first kappa shape index (κ1) is 24.0. The summed E-state index contributed by atoms with van der Waals surface area (Å²) in [4.78, 5) is 26.9. The third-order valence-corrected chi connectivity index (χ3v) is 5.86. The predicted molar refractivity (Wildman–Crippen MR) is 119 cm³/mol. The van der Waals surface area contributed by atoms with Gasteiger partial charge in [0.15, 0.2) is 0 Å². The fourth-order valence-electron chi connectivity index (χ4n) is 2.83. The molecule has 2 aromatic rings. The highest BCUT2D eigenvalue weighted by Gasteiger charge is 2.25. The fourth-order valence-corrected chi connectivity index (χ4v) is 4.07. The number of nitrogens with zero attached hydrogens (tertiary/aromatic N) is 1. The Morgan fingerprint density at radius 2 is 1.93 bits per heavy atom. The molecule has 1 atom stereocenters. The molecule has 0 saturated carbocycles. The van der Waals surface area contributed by atoms with Crippen molar-refractivity contribution in [2.45, 2.75) is 32.2 Å². The summed E-state index contributed by atoms with van der Waals surface area (Å²) in [5, 5.41) is 3.09. The summed E-state index contributed by atoms with van der Waals surface area (Å²) >= 11 is 7.32. The number of methoxy groups -OCH3 is 1. The molecule has 5 nitrogen and oxygen atoms in total. The van der Waals surface area contributed by atoms with E-state index in [9.17, 15) is 14.0 Å². The first-order valence-corrected chi connectivity index (χ1v) is 11.1. The van der Waals surface area contributed by atoms with Gasteiger partial charge >= 0.3 is 0 Å². The van der Waals surface area contributed by atoms with E-state index in [0.29, 0.717) is 22.9 Å². The summed E-state index contributed by atoms with van der Waals surface area (Å²) in [6.07, 6.45) is 0. The molecule has 0 heterocycles. The molecule has 2 rings (SSSR count). The maximum atomic E-state index is 13.9. The van der Waals surface area contributed by atoms with Crippen molar-refractivity contribution < 1.29 is 18.7 Å². The Morgan fingerprint density at radius 1 is 1.23 bits per heavy atom. The van der Waals surface area contributed by atoms with E-state index in [1.807, 2.05) is 31.2 Å². The zero-order valence-corrected chi connectivity index (χ0v) is 18.9. The number of benzene rings is 2. The van der Waals surface area contributed by atoms with Gasteiger partial charge in [-0.1, -0.05) is 29.8 Å². The number of rotatable bonds is 10. The van der Waals surface area contributed by atoms with E-state index in [1.54, 1.807) is 26.2 Å². The molecule has 0 saturated heterocycles. The molecule has 0 unspecified atom stereocenters. The molecule has 0 aliphatic rings. The van der Waals surface area contributed by atoms with Gasteiger partial charge in [-0.05, 0) is 43.7 Å². The van der Waals surface area contributed by atoms with Gasteiger partial charge in [0, 0.05) is 29.4 Å². The van der Waals surface area contributed by atoms with Crippen molar-refractivity contribution in [3.05, 3.63) is 64.4 Å². The van der Waals surface area contributed by atoms with Crippen LogP contribution >= 0.6 is 23.4 Å². The molecular formula is C22H26ClFN2O3S. The van der Waals surface area contributed by atoms with Gasteiger partial charge in [0.2, 0.25) is 11.8 Å². The summed E-state index contributed by atoms with van der Waals surface area (Å²) < 4.78 is 19.1. The number of nitrogens with one attached hydrogen (secondary N) is 1. The Bertz CT molecular complexity index is 844. The van der Waals surface area contributed by atoms with Crippen LogP contribution in [0.15, 0.2) is 42.5 Å². The maximum absolute atomic E-state index is 13.9. The number of thioether (sulfide) groups is 1. The number of hydrogen-bond donors (Lipinski definition) is 1. The SMILES string of the molecule is CCNC(=O)[C@@H](C)N(Cc1ccc(OC)cc1)C(=O)CSCc1c(F)cccc1Cl. The number of likely N-dealkylation sites (N-methyl/N-ethyl adjacent to an activating group) is 1. The molecular weight excluding hydrogens is 427 g/mol. The first-order chi connectivity index (χ1) is 14.4. The van der Waals surface area contributed by atoms with Crippen LogP contribution in [-0.2, 0) is 21.9 Å². The van der Waals surface area contributed by atoms with Crippen LogP contribution in [0.3, 0.4) is 0 Å². The zero-order valence-electron chi connectivity index (χ0n) is 17.3. The number of hydrogen-bond acceptors (Lipinski definition) is 4. The van der Waals surface area contributed by atoms with E-state index in [-0.39, 0.29) is 29.9 Å². The van der Waals surface area contributed by atoms with Gasteiger partial charge in [0.1, 0.15) is 17.6 Å². The Balaban J connectivity index is 2.09. The second-order valence-electron chi connectivity index (χ2n) is 6.63. The number of carbonyl (C=O) groups is 2. The quantitative estimate of drug-likeness (QED) is 0.584. The van der Waals surface area contributed by atoms with Crippen LogP contribution in [-0.4, -0.2) is 42.2 Å². The van der Waals surface area contributed by atoms with E-state index >= 15 is 0 Å². The highest BCUT2D eigenvalue weighted by molar-refractivity contribution is 7.99. The van der Waals surface area contributed by atoms with E-state index in [0.717, 1.165) is 5.56 Å². The number of halogens is 2. The van der Waals surface area contributed by atoms with Crippen molar-refractivity contribution in [3.8, 4) is 5.75 Å². The summed E-state index contributed by atoms with van der Waals surface area (Å²) in [5.74, 6) is 0.260. The molecule has 0 spiro atoms. The van der Waals surface area contributed by atoms with Crippen molar-refractivity contribution in [2.24, 2.45) is 0 Å². The van der Waals surface area contributed by atoms with Gasteiger partial charge in [-0.3, -0.25) is 9.59 Å². The molecule has 0 radical (unpaired) electrons. The fraction of sp³-hybridized carbons (Fsp3) is 0.364. The zero-order chi connectivity index (χ0) is 22.1. The molecule has 1 N–H and O–H groups in total. The number of amides is 2. The Hall–Kier alpha value is -2.25. The van der Waals surface area contributed by atoms with E-state index < -0.39 is 11.9 Å². The average Bonchev–Trinajstić information content (AvgIpc) is 2.74. The number of carbonyl (C=O) groups excluding carboxylic acids is 2. The monoisotopic (exact) mass is 452 g/mol. The molecule has 0 aliphatic carbocycles. The normalized spacial score (nSPS) is 11.6. The van der Waals surface area contributed by atoms with Crippen LogP contribution in [0, 0.1) is 5.82 Å². The lowest BCUT2D eigenvalue weighted by molar-refractivity contribution is -0.138. The molecule has 0 aliphatic heterocycles. The van der Waals surface area contributed by atoms with Gasteiger partial charge < -0.3 is 15.0 Å². The summed E-state index contributed by atoms with van der Waals surface area (Å²) in [6.45, 7) is 4.29. The third kappa shape index (κ3) is 6.64. The van der Waals surface area contributed by atoms with Gasteiger partial charge in [-0.2, -0.15) is 0 Å². The van der Waals surface area contributed by atoms with Gasteiger partial charge in [0.25, 0.3) is 0 Å². The minimum atomic E-state index is -0.641. The Kier molecular flexibility index (Phi) is 9.46. The van der Waals surface area contributed by atoms with Gasteiger partial charge in [-0.15, -0.1) is 11.8 Å². The highest BCUT2D eigenvalue weighted by Crippen LogP contribution is 2.24. The number of ether oxygens (including phenoxy) is 1. The van der Waals surface area contributed by atoms with Crippen molar-refractivity contribution in [1.29, 1.82) is 0 Å². The smallest absolute Gasteiger partial charge is 0.242 e. The summed E-state index contributed by atoms with van der Waals surface area (Å²) in [5.41, 5.74) is 1.25. The van der Waals surface area contributed by atoms with Crippen molar-refractivity contribution in [1.82, 2.24) is 10.2 Å². The van der Waals surface area contributed by atoms with Crippen LogP contribution in [0.2, 0.25) is 5.02 Å².